The summed E-state index contributed by atoms with van der Waals surface area (Å²) in [6, 6.07) is 10.2. The minimum absolute atomic E-state index is 0.000323. The number of anilines is 3. The summed E-state index contributed by atoms with van der Waals surface area (Å²) in [5, 5.41) is 17.2. The Morgan fingerprint density at radius 3 is 2.70 bits per heavy atom. The fourth-order valence-electron chi connectivity index (χ4n) is 4.26. The highest BCUT2D eigenvalue weighted by molar-refractivity contribution is 5.99. The number of nitrogens with zero attached hydrogens (tertiary/aromatic N) is 4. The summed E-state index contributed by atoms with van der Waals surface area (Å²) in [6.07, 6.45) is 5.02. The molecule has 37 heavy (non-hydrogen) atoms. The summed E-state index contributed by atoms with van der Waals surface area (Å²) < 4.78 is 7.30. The molecule has 1 fully saturated rings. The second kappa shape index (κ2) is 10.7. The normalized spacial score (nSPS) is 17.4. The van der Waals surface area contributed by atoms with E-state index in [0.29, 0.717) is 17.2 Å². The Morgan fingerprint density at radius 2 is 1.95 bits per heavy atom. The zero-order chi connectivity index (χ0) is 26.6. The number of para-hydroxylation sites is 1. The summed E-state index contributed by atoms with van der Waals surface area (Å²) >= 11 is 0. The number of aromatic nitrogens is 4. The van der Waals surface area contributed by atoms with Crippen LogP contribution in [0.4, 0.5) is 22.0 Å². The molecule has 0 bridgehead atoms. The van der Waals surface area contributed by atoms with E-state index in [1.807, 2.05) is 50.6 Å². The van der Waals surface area contributed by atoms with Gasteiger partial charge in [-0.25, -0.2) is 9.78 Å². The van der Waals surface area contributed by atoms with Gasteiger partial charge in [0.15, 0.2) is 11.5 Å². The summed E-state index contributed by atoms with van der Waals surface area (Å²) in [4.78, 5) is 28.7. The molecule has 0 spiro atoms. The molecule has 0 saturated heterocycles. The van der Waals surface area contributed by atoms with Crippen molar-refractivity contribution in [1.82, 2.24) is 25.1 Å². The number of carbonyl (C=O) groups is 2. The van der Waals surface area contributed by atoms with Gasteiger partial charge in [0.1, 0.15) is 11.1 Å². The predicted octanol–water partition coefficient (Wildman–Crippen LogP) is 3.66. The third kappa shape index (κ3) is 6.46. The van der Waals surface area contributed by atoms with Crippen molar-refractivity contribution >= 4 is 40.2 Å². The molecule has 2 atom stereocenters. The molecule has 0 aliphatic heterocycles. The van der Waals surface area contributed by atoms with Gasteiger partial charge in [0.2, 0.25) is 0 Å². The minimum Gasteiger partial charge on any atom is -0.444 e. The molecule has 3 aromatic rings. The number of ether oxygens (including phenoxy) is 1. The average molecular weight is 505 g/mol. The van der Waals surface area contributed by atoms with Crippen molar-refractivity contribution < 1.29 is 14.3 Å². The lowest BCUT2D eigenvalue weighted by molar-refractivity contribution is 0.0481. The molecule has 2 aromatic heterocycles. The fraction of sp³-hybridized carbons (Fsp3) is 0.423. The van der Waals surface area contributed by atoms with Gasteiger partial charge >= 0.3 is 6.09 Å². The summed E-state index contributed by atoms with van der Waals surface area (Å²) in [6.45, 7) is 5.50. The van der Waals surface area contributed by atoms with Crippen LogP contribution in [0.25, 0.3) is 11.0 Å². The monoisotopic (exact) mass is 504 g/mol. The maximum Gasteiger partial charge on any atom is 0.407 e. The summed E-state index contributed by atoms with van der Waals surface area (Å²) in [5.41, 5.74) is 7.72. The van der Waals surface area contributed by atoms with Gasteiger partial charge in [0.05, 0.1) is 23.2 Å². The first kappa shape index (κ1) is 25.8. The smallest absolute Gasteiger partial charge is 0.407 e. The quantitative estimate of drug-likeness (QED) is 0.304. The van der Waals surface area contributed by atoms with Gasteiger partial charge in [0, 0.05) is 31.1 Å². The maximum absolute atomic E-state index is 12.3. The van der Waals surface area contributed by atoms with Crippen LogP contribution in [0.15, 0.2) is 30.6 Å². The number of amides is 2. The van der Waals surface area contributed by atoms with Crippen molar-refractivity contribution in [3.05, 3.63) is 36.3 Å². The van der Waals surface area contributed by atoms with Gasteiger partial charge in [-0.3, -0.25) is 10.1 Å². The number of benzene rings is 1. The molecule has 0 unspecified atom stereocenters. The molecule has 2 amide bonds. The van der Waals surface area contributed by atoms with Crippen molar-refractivity contribution in [2.45, 2.75) is 58.1 Å². The number of hydrogen-bond acceptors (Lipinski definition) is 8. The molecular weight excluding hydrogens is 472 g/mol. The molecule has 1 aromatic carbocycles. The fourth-order valence-corrected chi connectivity index (χ4v) is 4.26. The van der Waals surface area contributed by atoms with E-state index >= 15 is 0 Å². The second-order valence-electron chi connectivity index (χ2n) is 10.0. The predicted molar refractivity (Wildman–Crippen MR) is 141 cm³/mol. The van der Waals surface area contributed by atoms with Crippen LogP contribution in [-0.2, 0) is 11.8 Å². The zero-order valence-electron chi connectivity index (χ0n) is 21.5. The molecule has 5 N–H and O–H groups in total. The molecule has 0 radical (unpaired) electrons. The topological polar surface area (TPSA) is 149 Å². The van der Waals surface area contributed by atoms with Crippen LogP contribution in [0.5, 0.6) is 0 Å². The van der Waals surface area contributed by atoms with Gasteiger partial charge in [0.25, 0.3) is 5.91 Å². The van der Waals surface area contributed by atoms with Crippen LogP contribution >= 0.6 is 0 Å². The van der Waals surface area contributed by atoms with Crippen LogP contribution in [0, 0.1) is 17.9 Å². The number of imidazole rings is 1. The molecule has 2 heterocycles. The minimum atomic E-state index is -0.709. The van der Waals surface area contributed by atoms with E-state index in [4.69, 9.17) is 10.5 Å². The Labute approximate surface area is 215 Å². The molecule has 1 aliphatic rings. The number of fused-ring (bicyclic) bond motifs is 1. The van der Waals surface area contributed by atoms with E-state index in [-0.39, 0.29) is 17.7 Å². The summed E-state index contributed by atoms with van der Waals surface area (Å²) in [7, 11) is 1.91. The molecular formula is C26H32N8O3. The molecule has 11 heteroatoms. The molecule has 1 saturated carbocycles. The standard InChI is InChI=1S/C26H32N8O3/c1-26(2,3)37-25(36)31-17-9-6-5-8-16(17)12-13-28-21-14-19(23(24(27)35)33-32-21)30-18-10-7-11-20-22(18)29-15-34(20)4/h7,10-11,14-17H,5-6,8-9H2,1-4H3,(H2,27,35)(H,31,36)(H2,28,30,32)/t16-,17-/m0/s1. The van der Waals surface area contributed by atoms with Gasteiger partial charge in [-0.05, 0) is 45.7 Å². The first-order valence-electron chi connectivity index (χ1n) is 12.2. The van der Waals surface area contributed by atoms with Crippen molar-refractivity contribution in [2.24, 2.45) is 18.7 Å². The highest BCUT2D eigenvalue weighted by Crippen LogP contribution is 2.28. The Morgan fingerprint density at radius 1 is 1.16 bits per heavy atom. The van der Waals surface area contributed by atoms with E-state index in [0.717, 1.165) is 36.7 Å². The first-order chi connectivity index (χ1) is 17.6. The molecule has 11 nitrogen and oxygen atoms in total. The van der Waals surface area contributed by atoms with Crippen molar-refractivity contribution in [3.8, 4) is 12.0 Å². The van der Waals surface area contributed by atoms with Crippen molar-refractivity contribution in [2.75, 3.05) is 10.6 Å². The number of nitrogens with one attached hydrogen (secondary N) is 3. The number of hydrogen-bond donors (Lipinski definition) is 4. The van der Waals surface area contributed by atoms with Gasteiger partial charge in [-0.15, -0.1) is 10.2 Å². The number of carbonyl (C=O) groups excluding carboxylic acids is 2. The first-order valence-corrected chi connectivity index (χ1v) is 12.2. The molecule has 1 aliphatic carbocycles. The van der Waals surface area contributed by atoms with Crippen LogP contribution in [0.3, 0.4) is 0 Å². The van der Waals surface area contributed by atoms with Crippen molar-refractivity contribution in [3.63, 3.8) is 0 Å². The number of alkyl carbamates (subject to hydrolysis) is 1. The highest BCUT2D eigenvalue weighted by atomic mass is 16.6. The number of aryl methyl sites for hydroxylation is 1. The van der Waals surface area contributed by atoms with Gasteiger partial charge in [-0.2, -0.15) is 0 Å². The largest absolute Gasteiger partial charge is 0.444 e. The van der Waals surface area contributed by atoms with Crippen molar-refractivity contribution in [1.29, 1.82) is 0 Å². The number of primary amides is 1. The zero-order valence-corrected chi connectivity index (χ0v) is 21.5. The third-order valence-corrected chi connectivity index (χ3v) is 5.97. The van der Waals surface area contributed by atoms with Crippen LogP contribution in [-0.4, -0.2) is 43.4 Å². The van der Waals surface area contributed by atoms with E-state index < -0.39 is 17.6 Å². The van der Waals surface area contributed by atoms with E-state index in [2.05, 4.69) is 43.1 Å². The average Bonchev–Trinajstić information content (AvgIpc) is 3.21. The second-order valence-corrected chi connectivity index (χ2v) is 10.0. The summed E-state index contributed by atoms with van der Waals surface area (Å²) in [5.74, 6) is 2.80. The van der Waals surface area contributed by atoms with Gasteiger partial charge in [-0.1, -0.05) is 24.8 Å². The Hall–Kier alpha value is -4.33. The highest BCUT2D eigenvalue weighted by Gasteiger charge is 2.27. The Kier molecular flexibility index (Phi) is 7.47. The van der Waals surface area contributed by atoms with Crippen LogP contribution < -0.4 is 21.7 Å². The molecule has 4 rings (SSSR count). The van der Waals surface area contributed by atoms with E-state index in [1.54, 1.807) is 12.4 Å². The van der Waals surface area contributed by atoms with Gasteiger partial charge < -0.3 is 25.7 Å². The lowest BCUT2D eigenvalue weighted by atomic mass is 9.85. The Balaban J connectivity index is 1.50. The number of nitrogens with two attached hydrogens (primary N) is 1. The lowest BCUT2D eigenvalue weighted by Gasteiger charge is -2.30. The molecule has 194 valence electrons. The maximum atomic E-state index is 12.3. The van der Waals surface area contributed by atoms with E-state index in [1.165, 1.54) is 0 Å². The van der Waals surface area contributed by atoms with E-state index in [9.17, 15) is 9.59 Å². The third-order valence-electron chi connectivity index (χ3n) is 5.97. The Bertz CT molecular complexity index is 1370. The number of rotatable bonds is 5. The SMILES string of the molecule is Cn1cnc2c(Nc3cc(NC#C[C@@H]4CCCC[C@@H]4NC(=O)OC(C)(C)C)nnc3C(N)=O)cccc21. The lowest BCUT2D eigenvalue weighted by Crippen LogP contribution is -2.44. The van der Waals surface area contributed by atoms with Crippen LogP contribution in [0.2, 0.25) is 0 Å². The van der Waals surface area contributed by atoms with Crippen LogP contribution in [0.1, 0.15) is 56.9 Å².